The van der Waals surface area contributed by atoms with Gasteiger partial charge in [0.2, 0.25) is 5.95 Å². The minimum Gasteiger partial charge on any atom is -0.744 e. The van der Waals surface area contributed by atoms with E-state index in [4.69, 9.17) is 23.2 Å². The van der Waals surface area contributed by atoms with E-state index in [2.05, 4.69) is 45.4 Å². The van der Waals surface area contributed by atoms with Crippen molar-refractivity contribution in [1.82, 2.24) is 9.97 Å². The molecular formula is C26H16Cl2CuF2N7Na2O11S3. The molecule has 0 unspecified atom stereocenters. The summed E-state index contributed by atoms with van der Waals surface area (Å²) in [6.45, 7) is 0. The summed E-state index contributed by atoms with van der Waals surface area (Å²) in [4.78, 5) is 16.8. The molecule has 1 aromatic heterocycles. The molecule has 0 spiro atoms. The van der Waals surface area contributed by atoms with Crippen LogP contribution in [0.4, 0.5) is 31.7 Å². The fraction of sp³-hybridized carbons (Fsp3) is 0.0769. The summed E-state index contributed by atoms with van der Waals surface area (Å²) in [6.07, 6.45) is -1.60. The number of nitrogens with zero attached hydrogens (tertiary/aromatic N) is 6. The number of benzene rings is 3. The number of alkyl halides is 1. The number of sulfone groups is 1. The van der Waals surface area contributed by atoms with Crippen LogP contribution in [-0.4, -0.2) is 65.0 Å². The van der Waals surface area contributed by atoms with E-state index < -0.39 is 88.0 Å². The number of hydrogen-bond donors (Lipinski definition) is 3. The number of anilines is 2. The van der Waals surface area contributed by atoms with Gasteiger partial charge in [-0.3, -0.25) is 5.04 Å². The second-order valence-electron chi connectivity index (χ2n) is 9.32. The Hall–Kier alpha value is -2.07. The molecule has 0 radical (unpaired) electrons. The standard InChI is InChI=1S/C26H19Cl2F2N7O11S3.Cu.2Na/c27-7-8-50(42,43)14-4-1-12(2-5-14)23(36-34-17-9-13(49-48-47-41)3-6-16(17)25(39)40)37-35-19-11-15(51(44,45)46)10-18(21(19)38)31-24-20(28)22(29)32-26(30)33-24;;;/h1-6,9-11H,7-8H2,(H6,31,32,33,34,35,36,37,38,39,40,41,44,45,46);;;/q;3*+1/p-3. The number of nitrogens with one attached hydrogen (secondary N) is 1. The molecule has 0 atom stereocenters. The Kier molecular flexibility index (Phi) is 20.4. The monoisotopic (exact) mass is 915 g/mol. The van der Waals surface area contributed by atoms with Crippen molar-refractivity contribution in [2.45, 2.75) is 14.7 Å². The number of phenolic OH excluding ortho intramolecular Hbond substituents is 1. The second kappa shape index (κ2) is 22.0. The number of amidine groups is 1. The van der Waals surface area contributed by atoms with Crippen LogP contribution in [0.3, 0.4) is 0 Å². The number of aromatic carboxylic acids is 1. The summed E-state index contributed by atoms with van der Waals surface area (Å²) in [6, 6.07) is 9.32. The first-order valence-electron chi connectivity index (χ1n) is 13.1. The van der Waals surface area contributed by atoms with Gasteiger partial charge in [0.15, 0.2) is 27.2 Å². The number of halogens is 4. The van der Waals surface area contributed by atoms with Gasteiger partial charge in [0.1, 0.15) is 20.8 Å². The van der Waals surface area contributed by atoms with E-state index in [1.54, 1.807) is 0 Å². The first kappa shape index (κ1) is 49.9. The summed E-state index contributed by atoms with van der Waals surface area (Å²) < 4.78 is 92.6. The molecule has 280 valence electrons. The van der Waals surface area contributed by atoms with Gasteiger partial charge in [-0.25, -0.2) is 21.6 Å². The van der Waals surface area contributed by atoms with Crippen molar-refractivity contribution in [2.75, 3.05) is 16.9 Å². The van der Waals surface area contributed by atoms with Crippen LogP contribution in [0.1, 0.15) is 15.9 Å². The van der Waals surface area contributed by atoms with Crippen molar-refractivity contribution in [1.29, 1.82) is 0 Å². The van der Waals surface area contributed by atoms with Crippen LogP contribution in [0.5, 0.6) is 5.75 Å². The van der Waals surface area contributed by atoms with Crippen LogP contribution >= 0.6 is 35.2 Å². The minimum atomic E-state index is -5.30. The molecule has 0 saturated carbocycles. The van der Waals surface area contributed by atoms with Gasteiger partial charge in [-0.05, 0) is 48.5 Å². The Bertz CT molecular complexity index is 2270. The fourth-order valence-electron chi connectivity index (χ4n) is 3.76. The van der Waals surface area contributed by atoms with Crippen LogP contribution < -0.4 is 69.7 Å². The van der Waals surface area contributed by atoms with Crippen LogP contribution in [0.2, 0.25) is 5.02 Å². The van der Waals surface area contributed by atoms with Gasteiger partial charge in [-0.1, -0.05) is 17.7 Å². The molecule has 0 aliphatic heterocycles. The quantitative estimate of drug-likeness (QED) is 0.0110. The smallest absolute Gasteiger partial charge is 0.744 e. The number of rotatable bonds is 14. The van der Waals surface area contributed by atoms with Gasteiger partial charge < -0.3 is 35.9 Å². The van der Waals surface area contributed by atoms with Gasteiger partial charge in [0, 0.05) is 21.9 Å². The molecule has 0 fully saturated rings. The molecule has 28 heteroatoms. The number of azo groups is 1. The number of carboxylic acids is 1. The Morgan fingerprint density at radius 3 is 2.30 bits per heavy atom. The van der Waals surface area contributed by atoms with E-state index in [1.165, 1.54) is 18.2 Å². The number of phenols is 1. The van der Waals surface area contributed by atoms with Crippen molar-refractivity contribution in [2.24, 2.45) is 15.3 Å². The summed E-state index contributed by atoms with van der Waals surface area (Å²) in [5, 5.41) is 46.8. The molecule has 3 N–H and O–H groups in total. The van der Waals surface area contributed by atoms with E-state index in [1.807, 2.05) is 0 Å². The summed E-state index contributed by atoms with van der Waals surface area (Å²) in [5.41, 5.74) is 1.67. The molecule has 54 heavy (non-hydrogen) atoms. The third-order valence-electron chi connectivity index (χ3n) is 6.07. The van der Waals surface area contributed by atoms with Crippen molar-refractivity contribution >= 4 is 89.9 Å². The van der Waals surface area contributed by atoms with Gasteiger partial charge in [0.05, 0.1) is 33.3 Å². The zero-order valence-electron chi connectivity index (χ0n) is 26.9. The van der Waals surface area contributed by atoms with Crippen molar-refractivity contribution in [3.05, 3.63) is 88.2 Å². The van der Waals surface area contributed by atoms with Crippen molar-refractivity contribution in [3.63, 3.8) is 0 Å². The molecule has 0 aliphatic carbocycles. The number of carboxylic acid groups (broad SMARTS) is 1. The second-order valence-corrected chi connectivity index (χ2v) is 14.3. The summed E-state index contributed by atoms with van der Waals surface area (Å²) in [5.74, 6) is -5.84. The predicted octanol–water partition coefficient (Wildman–Crippen LogP) is -1.14. The number of aromatic nitrogens is 2. The Morgan fingerprint density at radius 2 is 1.70 bits per heavy atom. The minimum absolute atomic E-state index is 0. The molecule has 1 heterocycles. The maximum atomic E-state index is 13.9. The van der Waals surface area contributed by atoms with Crippen LogP contribution in [0.25, 0.3) is 5.43 Å². The van der Waals surface area contributed by atoms with Gasteiger partial charge in [-0.15, -0.1) is 27.5 Å². The number of aromatic hydroxyl groups is 1. The van der Waals surface area contributed by atoms with Crippen LogP contribution in [0, 0.1) is 12.0 Å². The molecular weight excluding hydrogens is 901 g/mol. The fourth-order valence-corrected chi connectivity index (χ4v) is 6.40. The van der Waals surface area contributed by atoms with Crippen molar-refractivity contribution in [3.8, 4) is 5.75 Å². The predicted molar refractivity (Wildman–Crippen MR) is 171 cm³/mol. The average molecular weight is 917 g/mol. The van der Waals surface area contributed by atoms with Crippen LogP contribution in [-0.2, 0) is 46.4 Å². The molecule has 18 nitrogen and oxygen atoms in total. The summed E-state index contributed by atoms with van der Waals surface area (Å²) in [7, 11) is -9.10. The zero-order chi connectivity index (χ0) is 37.5. The van der Waals surface area contributed by atoms with Crippen LogP contribution in [0.15, 0.2) is 84.6 Å². The zero-order valence-corrected chi connectivity index (χ0v) is 35.8. The number of hydrogen-bond acceptors (Lipinski definition) is 16. The molecule has 0 amide bonds. The van der Waals surface area contributed by atoms with Gasteiger partial charge >= 0.3 is 88.2 Å². The normalized spacial score (nSPS) is 11.6. The van der Waals surface area contributed by atoms with E-state index in [0.29, 0.717) is 24.2 Å². The van der Waals surface area contributed by atoms with Gasteiger partial charge in [-0.2, -0.15) is 23.1 Å². The summed E-state index contributed by atoms with van der Waals surface area (Å²) >= 11 is 11.7. The van der Waals surface area contributed by atoms with E-state index in [0.717, 1.165) is 24.3 Å². The SMILES string of the molecule is O=C(O)c1ccc(SOO[O-])cc1[N-]/N=C(\N=Nc1cc(S(=O)(=O)[O-])cc(Nc2nc(F)nc(F)c2Cl)c1O)c1ccc(S(=O)(=O)CCCl)cc1.[Cu+].[Na+].[Na+]. The van der Waals surface area contributed by atoms with Crippen molar-refractivity contribution < 1.29 is 136 Å². The van der Waals surface area contributed by atoms with E-state index >= 15 is 0 Å². The third kappa shape index (κ3) is 13.3. The first-order valence-corrected chi connectivity index (χ1v) is 17.8. The number of carbonyl (C=O) groups is 1. The molecule has 0 saturated heterocycles. The maximum absolute atomic E-state index is 13.9. The van der Waals surface area contributed by atoms with E-state index in [9.17, 15) is 50.4 Å². The third-order valence-corrected chi connectivity index (χ3v) is 9.93. The Balaban J connectivity index is 0.00000486. The molecule has 0 bridgehead atoms. The first-order chi connectivity index (χ1) is 24.0. The molecule has 4 rings (SSSR count). The van der Waals surface area contributed by atoms with E-state index in [-0.39, 0.29) is 103 Å². The average Bonchev–Trinajstić information content (AvgIpc) is 3.06. The molecule has 3 aromatic carbocycles. The Labute approximate surface area is 372 Å². The molecule has 0 aliphatic rings. The maximum Gasteiger partial charge on any atom is 1.00 e. The molecule has 4 aromatic rings. The largest absolute Gasteiger partial charge is 1.00 e. The van der Waals surface area contributed by atoms with Gasteiger partial charge in [0.25, 0.3) is 0 Å². The topological polar surface area (TPSA) is 279 Å². The Morgan fingerprint density at radius 1 is 1.04 bits per heavy atom.